The summed E-state index contributed by atoms with van der Waals surface area (Å²) in [5.74, 6) is 1.85. The number of halogens is 3. The summed E-state index contributed by atoms with van der Waals surface area (Å²) < 4.78 is 14.4. The molecule has 2 aromatic carbocycles. The van der Waals surface area contributed by atoms with Crippen molar-refractivity contribution in [1.82, 2.24) is 20.2 Å². The molecule has 1 heterocycles. The summed E-state index contributed by atoms with van der Waals surface area (Å²) in [6, 6.07) is 9.28. The Morgan fingerprint density at radius 3 is 2.61 bits per heavy atom. The molecule has 10 heteroatoms. The van der Waals surface area contributed by atoms with E-state index >= 15 is 0 Å². The van der Waals surface area contributed by atoms with Crippen LogP contribution < -0.4 is 14.8 Å². The highest BCUT2D eigenvalue weighted by molar-refractivity contribution is 9.10. The van der Waals surface area contributed by atoms with Crippen molar-refractivity contribution in [2.24, 2.45) is 0 Å². The zero-order valence-corrected chi connectivity index (χ0v) is 20.5. The molecule has 1 N–H and O–H groups in total. The van der Waals surface area contributed by atoms with Crippen LogP contribution >= 0.6 is 39.1 Å². The first kappa shape index (κ1) is 23.6. The number of aromatic nitrogens is 4. The van der Waals surface area contributed by atoms with Crippen LogP contribution in [0, 0.1) is 0 Å². The first-order valence-electron chi connectivity index (χ1n) is 10.0. The number of anilines is 1. The summed E-state index contributed by atoms with van der Waals surface area (Å²) in [5, 5.41) is 16.2. The average molecular weight is 529 g/mol. The lowest BCUT2D eigenvalue weighted by molar-refractivity contribution is 0.267. The molecule has 0 saturated heterocycles. The minimum Gasteiger partial charge on any atom is -0.490 e. The first-order chi connectivity index (χ1) is 15.0. The Morgan fingerprint density at radius 1 is 1.13 bits per heavy atom. The fourth-order valence-electron chi connectivity index (χ4n) is 2.91. The van der Waals surface area contributed by atoms with Crippen molar-refractivity contribution < 1.29 is 9.47 Å². The number of hydrogen-bond acceptors (Lipinski definition) is 6. The third-order valence-corrected chi connectivity index (χ3v) is 5.79. The molecular formula is C21H24BrCl2N5O2. The van der Waals surface area contributed by atoms with E-state index in [0.29, 0.717) is 40.6 Å². The molecule has 0 saturated carbocycles. The van der Waals surface area contributed by atoms with Crippen LogP contribution in [0.25, 0.3) is 0 Å². The summed E-state index contributed by atoms with van der Waals surface area (Å²) in [6.07, 6.45) is 2.09. The van der Waals surface area contributed by atoms with Crippen molar-refractivity contribution in [2.45, 2.75) is 46.4 Å². The van der Waals surface area contributed by atoms with Crippen LogP contribution in [0.1, 0.15) is 37.8 Å². The van der Waals surface area contributed by atoms with Gasteiger partial charge in [-0.05, 0) is 69.5 Å². The molecule has 0 bridgehead atoms. The summed E-state index contributed by atoms with van der Waals surface area (Å²) in [6.45, 7) is 6.09. The standard InChI is InChI=1S/C21H24BrCl2N5O2/c1-3-5-9-29-21(26-27-28-29)25-12-14-10-16(22)20(19(11-14)30-4-2)31-13-15-17(23)7-6-8-18(15)24/h6-8,10-11H,3-5,9,12-13H2,1-2H3,(H,25,26,28). The van der Waals surface area contributed by atoms with Gasteiger partial charge in [0.2, 0.25) is 5.95 Å². The first-order valence-corrected chi connectivity index (χ1v) is 11.6. The molecular weight excluding hydrogens is 505 g/mol. The monoisotopic (exact) mass is 527 g/mol. The molecule has 0 amide bonds. The van der Waals surface area contributed by atoms with Crippen LogP contribution in [0.5, 0.6) is 11.5 Å². The van der Waals surface area contributed by atoms with Gasteiger partial charge in [0.15, 0.2) is 11.5 Å². The van der Waals surface area contributed by atoms with Gasteiger partial charge in [0.1, 0.15) is 6.61 Å². The highest BCUT2D eigenvalue weighted by atomic mass is 79.9. The Hall–Kier alpha value is -2.03. The van der Waals surface area contributed by atoms with Gasteiger partial charge >= 0.3 is 0 Å². The van der Waals surface area contributed by atoms with Crippen LogP contribution in [0.3, 0.4) is 0 Å². The molecule has 3 rings (SSSR count). The lowest BCUT2D eigenvalue weighted by atomic mass is 10.2. The SMILES string of the molecule is CCCCn1nnnc1NCc1cc(Br)c(OCc2c(Cl)cccc2Cl)c(OCC)c1. The minimum atomic E-state index is 0.223. The molecule has 0 spiro atoms. The largest absolute Gasteiger partial charge is 0.490 e. The van der Waals surface area contributed by atoms with Gasteiger partial charge < -0.3 is 14.8 Å². The highest BCUT2D eigenvalue weighted by Gasteiger charge is 2.15. The number of tetrazole rings is 1. The Morgan fingerprint density at radius 2 is 1.90 bits per heavy atom. The molecule has 0 fully saturated rings. The molecule has 0 unspecified atom stereocenters. The van der Waals surface area contributed by atoms with Crippen molar-refractivity contribution in [3.8, 4) is 11.5 Å². The minimum absolute atomic E-state index is 0.223. The quantitative estimate of drug-likeness (QED) is 0.322. The molecule has 31 heavy (non-hydrogen) atoms. The number of hydrogen-bond donors (Lipinski definition) is 1. The summed E-state index contributed by atoms with van der Waals surface area (Å²) in [7, 11) is 0. The summed E-state index contributed by atoms with van der Waals surface area (Å²) in [5.41, 5.74) is 1.72. The second kappa shape index (κ2) is 11.5. The number of nitrogens with one attached hydrogen (secondary N) is 1. The lowest BCUT2D eigenvalue weighted by Crippen LogP contribution is -2.09. The molecule has 0 radical (unpaired) electrons. The molecule has 1 aromatic heterocycles. The zero-order valence-electron chi connectivity index (χ0n) is 17.4. The molecule has 0 aliphatic heterocycles. The van der Waals surface area contributed by atoms with Crippen LogP contribution in [0.2, 0.25) is 10.0 Å². The molecule has 0 aliphatic carbocycles. The van der Waals surface area contributed by atoms with Crippen molar-refractivity contribution in [3.63, 3.8) is 0 Å². The van der Waals surface area contributed by atoms with Gasteiger partial charge in [-0.1, -0.05) is 47.7 Å². The van der Waals surface area contributed by atoms with Gasteiger partial charge in [-0.3, -0.25) is 0 Å². The maximum Gasteiger partial charge on any atom is 0.243 e. The van der Waals surface area contributed by atoms with Crippen molar-refractivity contribution >= 4 is 45.1 Å². The Balaban J connectivity index is 1.75. The fraction of sp³-hybridized carbons (Fsp3) is 0.381. The second-order valence-electron chi connectivity index (χ2n) is 6.76. The van der Waals surface area contributed by atoms with E-state index in [-0.39, 0.29) is 6.61 Å². The van der Waals surface area contributed by atoms with E-state index in [0.717, 1.165) is 35.0 Å². The van der Waals surface area contributed by atoms with E-state index in [1.165, 1.54) is 0 Å². The second-order valence-corrected chi connectivity index (χ2v) is 8.43. The maximum atomic E-state index is 6.26. The van der Waals surface area contributed by atoms with Gasteiger partial charge in [-0.2, -0.15) is 0 Å². The smallest absolute Gasteiger partial charge is 0.243 e. The predicted molar refractivity (Wildman–Crippen MR) is 126 cm³/mol. The lowest BCUT2D eigenvalue weighted by Gasteiger charge is -2.17. The normalized spacial score (nSPS) is 10.9. The van der Waals surface area contributed by atoms with Crippen LogP contribution in [-0.4, -0.2) is 26.8 Å². The van der Waals surface area contributed by atoms with E-state index in [2.05, 4.69) is 43.7 Å². The molecule has 3 aromatic rings. The van der Waals surface area contributed by atoms with E-state index in [1.54, 1.807) is 22.9 Å². The molecule has 7 nitrogen and oxygen atoms in total. The summed E-state index contributed by atoms with van der Waals surface area (Å²) >= 11 is 16.1. The number of aryl methyl sites for hydroxylation is 1. The van der Waals surface area contributed by atoms with Gasteiger partial charge in [0.25, 0.3) is 0 Å². The van der Waals surface area contributed by atoms with E-state index in [4.69, 9.17) is 32.7 Å². The topological polar surface area (TPSA) is 74.1 Å². The molecule has 0 atom stereocenters. The van der Waals surface area contributed by atoms with E-state index in [9.17, 15) is 0 Å². The third kappa shape index (κ3) is 6.24. The van der Waals surface area contributed by atoms with Gasteiger partial charge in [-0.25, -0.2) is 4.68 Å². The van der Waals surface area contributed by atoms with Gasteiger partial charge in [-0.15, -0.1) is 0 Å². The third-order valence-electron chi connectivity index (χ3n) is 4.50. The predicted octanol–water partition coefficient (Wildman–Crippen LogP) is 6.13. The number of nitrogens with zero attached hydrogens (tertiary/aromatic N) is 4. The Bertz CT molecular complexity index is 995. The zero-order chi connectivity index (χ0) is 22.2. The van der Waals surface area contributed by atoms with Crippen molar-refractivity contribution in [3.05, 3.63) is 56.0 Å². The Kier molecular flexibility index (Phi) is 8.80. The van der Waals surface area contributed by atoms with E-state index < -0.39 is 0 Å². The summed E-state index contributed by atoms with van der Waals surface area (Å²) in [4.78, 5) is 0. The maximum absolute atomic E-state index is 6.26. The van der Waals surface area contributed by atoms with Crippen LogP contribution in [0.4, 0.5) is 5.95 Å². The number of ether oxygens (including phenoxy) is 2. The number of rotatable bonds is 11. The molecule has 166 valence electrons. The van der Waals surface area contributed by atoms with Gasteiger partial charge in [0.05, 0.1) is 11.1 Å². The van der Waals surface area contributed by atoms with Gasteiger partial charge in [0, 0.05) is 28.7 Å². The van der Waals surface area contributed by atoms with Crippen molar-refractivity contribution in [1.29, 1.82) is 0 Å². The van der Waals surface area contributed by atoms with Crippen molar-refractivity contribution in [2.75, 3.05) is 11.9 Å². The average Bonchev–Trinajstić information content (AvgIpc) is 3.19. The van der Waals surface area contributed by atoms with E-state index in [1.807, 2.05) is 19.1 Å². The Labute approximate surface area is 200 Å². The number of unbranched alkanes of at least 4 members (excludes halogenated alkanes) is 1. The number of benzene rings is 2. The fourth-order valence-corrected chi connectivity index (χ4v) is 4.02. The van der Waals surface area contributed by atoms with Crippen LogP contribution in [-0.2, 0) is 19.7 Å². The van der Waals surface area contributed by atoms with Crippen LogP contribution in [0.15, 0.2) is 34.8 Å². The highest BCUT2D eigenvalue weighted by Crippen LogP contribution is 2.38. The molecule has 0 aliphatic rings.